The number of nitrogens with zero attached hydrogens (tertiary/aromatic N) is 4. The second-order valence-corrected chi connectivity index (χ2v) is 7.06. The van der Waals surface area contributed by atoms with Crippen molar-refractivity contribution in [3.05, 3.63) is 59.5 Å². The van der Waals surface area contributed by atoms with E-state index < -0.39 is 0 Å². The zero-order valence-corrected chi connectivity index (χ0v) is 15.8. The lowest BCUT2D eigenvalue weighted by Crippen LogP contribution is -2.28. The van der Waals surface area contributed by atoms with Crippen molar-refractivity contribution >= 4 is 17.1 Å². The van der Waals surface area contributed by atoms with Gasteiger partial charge < -0.3 is 14.2 Å². The van der Waals surface area contributed by atoms with Gasteiger partial charge in [0.25, 0.3) is 5.91 Å². The molecule has 1 amide bonds. The first-order chi connectivity index (χ1) is 13.2. The predicted molar refractivity (Wildman–Crippen MR) is 104 cm³/mol. The molecule has 1 fully saturated rings. The third-order valence-corrected chi connectivity index (χ3v) is 5.19. The Bertz CT molecular complexity index is 948. The molecule has 0 spiro atoms. The average Bonchev–Trinajstić information content (AvgIpc) is 3.31. The Morgan fingerprint density at radius 1 is 1.26 bits per heavy atom. The number of rotatable bonds is 5. The molecule has 0 N–H and O–H groups in total. The highest BCUT2D eigenvalue weighted by atomic mass is 16.5. The van der Waals surface area contributed by atoms with E-state index in [-0.39, 0.29) is 11.8 Å². The molecule has 140 valence electrons. The van der Waals surface area contributed by atoms with Gasteiger partial charge in [0.05, 0.1) is 6.61 Å². The quantitative estimate of drug-likeness (QED) is 0.698. The maximum absolute atomic E-state index is 12.8. The minimum atomic E-state index is 0.0928. The molecule has 1 aliphatic heterocycles. The Morgan fingerprint density at radius 2 is 2.07 bits per heavy atom. The van der Waals surface area contributed by atoms with Crippen molar-refractivity contribution in [2.45, 2.75) is 25.8 Å². The van der Waals surface area contributed by atoms with Crippen LogP contribution in [0.1, 0.15) is 34.1 Å². The molecular weight excluding hydrogens is 340 g/mol. The van der Waals surface area contributed by atoms with E-state index in [1.807, 2.05) is 48.2 Å². The van der Waals surface area contributed by atoms with Crippen LogP contribution in [0.3, 0.4) is 0 Å². The number of fused-ring (bicyclic) bond motifs is 1. The van der Waals surface area contributed by atoms with Gasteiger partial charge in [0.15, 0.2) is 5.65 Å². The van der Waals surface area contributed by atoms with Crippen LogP contribution in [0.15, 0.2) is 42.6 Å². The fourth-order valence-electron chi connectivity index (χ4n) is 3.72. The van der Waals surface area contributed by atoms with Gasteiger partial charge in [-0.25, -0.2) is 9.97 Å². The number of pyridine rings is 1. The molecule has 1 atom stereocenters. The Kier molecular flexibility index (Phi) is 4.90. The molecule has 2 aromatic heterocycles. The molecule has 6 nitrogen and oxygen atoms in total. The second-order valence-electron chi connectivity index (χ2n) is 7.06. The van der Waals surface area contributed by atoms with Crippen LogP contribution in [0.2, 0.25) is 0 Å². The molecule has 0 radical (unpaired) electrons. The van der Waals surface area contributed by atoms with E-state index >= 15 is 0 Å². The molecule has 3 aromatic rings. The van der Waals surface area contributed by atoms with Gasteiger partial charge in [0.1, 0.15) is 11.3 Å². The summed E-state index contributed by atoms with van der Waals surface area (Å²) in [5.41, 5.74) is 3.68. The van der Waals surface area contributed by atoms with Crippen LogP contribution in [-0.4, -0.2) is 52.1 Å². The van der Waals surface area contributed by atoms with Gasteiger partial charge in [-0.2, -0.15) is 0 Å². The van der Waals surface area contributed by atoms with Crippen molar-refractivity contribution in [2.24, 2.45) is 0 Å². The predicted octanol–water partition coefficient (Wildman–Crippen LogP) is 3.02. The number of hydrogen-bond acceptors (Lipinski definition) is 4. The summed E-state index contributed by atoms with van der Waals surface area (Å²) in [5.74, 6) is 1.31. The van der Waals surface area contributed by atoms with Gasteiger partial charge in [0.2, 0.25) is 0 Å². The van der Waals surface area contributed by atoms with E-state index in [1.165, 1.54) is 0 Å². The van der Waals surface area contributed by atoms with Crippen LogP contribution in [0.25, 0.3) is 11.2 Å². The van der Waals surface area contributed by atoms with E-state index in [0.717, 1.165) is 41.1 Å². The number of ether oxygens (including phenoxy) is 1. The number of imidazole rings is 1. The molecular formula is C21H24N4O2. The number of likely N-dealkylation sites (tertiary alicyclic amines) is 1. The average molecular weight is 364 g/mol. The van der Waals surface area contributed by atoms with Gasteiger partial charge >= 0.3 is 0 Å². The summed E-state index contributed by atoms with van der Waals surface area (Å²) in [6.45, 7) is 4.77. The lowest BCUT2D eigenvalue weighted by atomic mass is 10.1. The fourth-order valence-corrected chi connectivity index (χ4v) is 3.72. The summed E-state index contributed by atoms with van der Waals surface area (Å²) in [7, 11) is 1.70. The number of carbonyl (C=O) groups is 1. The monoisotopic (exact) mass is 364 g/mol. The highest BCUT2D eigenvalue weighted by Crippen LogP contribution is 2.30. The summed E-state index contributed by atoms with van der Waals surface area (Å²) in [4.78, 5) is 24.1. The van der Waals surface area contributed by atoms with E-state index in [0.29, 0.717) is 19.7 Å². The van der Waals surface area contributed by atoms with E-state index in [2.05, 4.69) is 9.55 Å². The lowest BCUT2D eigenvalue weighted by Gasteiger charge is -2.17. The Balaban J connectivity index is 1.58. The number of carbonyl (C=O) groups excluding carboxylic acids is 1. The number of benzene rings is 1. The molecule has 1 aliphatic rings. The Hall–Kier alpha value is -2.73. The van der Waals surface area contributed by atoms with Gasteiger partial charge in [-0.05, 0) is 37.6 Å². The van der Waals surface area contributed by atoms with Crippen LogP contribution in [0.4, 0.5) is 0 Å². The SMILES string of the molecule is COCCn1c([C@@H]2CCN(C(=O)c3ccc(C)cc3)C2)nc2cccnc21. The summed E-state index contributed by atoms with van der Waals surface area (Å²) in [6, 6.07) is 11.7. The van der Waals surface area contributed by atoms with Crippen LogP contribution < -0.4 is 0 Å². The Labute approximate surface area is 158 Å². The van der Waals surface area contributed by atoms with Crippen LogP contribution in [-0.2, 0) is 11.3 Å². The zero-order valence-electron chi connectivity index (χ0n) is 15.8. The first-order valence-corrected chi connectivity index (χ1v) is 9.33. The van der Waals surface area contributed by atoms with Crippen LogP contribution in [0.5, 0.6) is 0 Å². The van der Waals surface area contributed by atoms with Crippen molar-refractivity contribution in [1.82, 2.24) is 19.4 Å². The highest BCUT2D eigenvalue weighted by Gasteiger charge is 2.31. The van der Waals surface area contributed by atoms with Gasteiger partial charge in [-0.3, -0.25) is 4.79 Å². The fraction of sp³-hybridized carbons (Fsp3) is 0.381. The first kappa shape index (κ1) is 17.7. The smallest absolute Gasteiger partial charge is 0.253 e. The van der Waals surface area contributed by atoms with E-state index in [1.54, 1.807) is 13.3 Å². The van der Waals surface area contributed by atoms with Crippen molar-refractivity contribution < 1.29 is 9.53 Å². The van der Waals surface area contributed by atoms with E-state index in [4.69, 9.17) is 9.72 Å². The molecule has 1 aromatic carbocycles. The molecule has 0 bridgehead atoms. The Morgan fingerprint density at radius 3 is 2.85 bits per heavy atom. The molecule has 1 saturated heterocycles. The molecule has 0 unspecified atom stereocenters. The number of hydrogen-bond donors (Lipinski definition) is 0. The largest absolute Gasteiger partial charge is 0.383 e. The maximum Gasteiger partial charge on any atom is 0.253 e. The minimum absolute atomic E-state index is 0.0928. The van der Waals surface area contributed by atoms with Crippen molar-refractivity contribution in [1.29, 1.82) is 0 Å². The molecule has 0 aliphatic carbocycles. The van der Waals surface area contributed by atoms with Crippen LogP contribution >= 0.6 is 0 Å². The van der Waals surface area contributed by atoms with Gasteiger partial charge in [0, 0.05) is 44.4 Å². The van der Waals surface area contributed by atoms with Gasteiger partial charge in [-0.15, -0.1) is 0 Å². The minimum Gasteiger partial charge on any atom is -0.383 e. The molecule has 27 heavy (non-hydrogen) atoms. The maximum atomic E-state index is 12.8. The summed E-state index contributed by atoms with van der Waals surface area (Å²) in [6.07, 6.45) is 2.70. The summed E-state index contributed by atoms with van der Waals surface area (Å²) < 4.78 is 7.41. The summed E-state index contributed by atoms with van der Waals surface area (Å²) >= 11 is 0. The number of aromatic nitrogens is 3. The third kappa shape index (κ3) is 3.45. The van der Waals surface area contributed by atoms with Gasteiger partial charge in [-0.1, -0.05) is 17.7 Å². The van der Waals surface area contributed by atoms with E-state index in [9.17, 15) is 4.79 Å². The number of aryl methyl sites for hydroxylation is 1. The molecule has 0 saturated carbocycles. The van der Waals surface area contributed by atoms with Crippen molar-refractivity contribution in [3.8, 4) is 0 Å². The zero-order chi connectivity index (χ0) is 18.8. The molecule has 4 rings (SSSR count). The topological polar surface area (TPSA) is 60.2 Å². The molecule has 3 heterocycles. The normalized spacial score (nSPS) is 17.0. The lowest BCUT2D eigenvalue weighted by molar-refractivity contribution is 0.0790. The third-order valence-electron chi connectivity index (χ3n) is 5.19. The molecule has 6 heteroatoms. The highest BCUT2D eigenvalue weighted by molar-refractivity contribution is 5.94. The second kappa shape index (κ2) is 7.48. The number of amides is 1. The summed E-state index contributed by atoms with van der Waals surface area (Å²) in [5, 5.41) is 0. The van der Waals surface area contributed by atoms with Crippen molar-refractivity contribution in [3.63, 3.8) is 0 Å². The number of methoxy groups -OCH3 is 1. The standard InChI is InChI=1S/C21H24N4O2/c1-15-5-7-16(8-6-15)21(26)24-11-9-17(14-24)19-23-18-4-3-10-22-20(18)25(19)12-13-27-2/h3-8,10,17H,9,11-14H2,1-2H3/t17-/m1/s1. The van der Waals surface area contributed by atoms with Crippen LogP contribution in [0, 0.1) is 6.92 Å². The van der Waals surface area contributed by atoms with Crippen molar-refractivity contribution in [2.75, 3.05) is 26.8 Å². The first-order valence-electron chi connectivity index (χ1n) is 9.33.